The van der Waals surface area contributed by atoms with Crippen molar-refractivity contribution in [3.63, 3.8) is 0 Å². The highest BCUT2D eigenvalue weighted by molar-refractivity contribution is 6.07. The molecule has 2 aromatic carbocycles. The maximum absolute atomic E-state index is 13.0. The molecule has 7 heteroatoms. The van der Waals surface area contributed by atoms with Crippen LogP contribution in [0.1, 0.15) is 67.7 Å². The third-order valence-electron chi connectivity index (χ3n) is 6.68. The molecule has 1 amide bonds. The number of fused-ring (bicyclic) bond motifs is 2. The predicted molar refractivity (Wildman–Crippen MR) is 123 cm³/mol. The Bertz CT molecular complexity index is 1160. The molecule has 1 spiro atoms. The number of ether oxygens (including phenoxy) is 1. The molecule has 2 aliphatic rings. The van der Waals surface area contributed by atoms with Crippen LogP contribution >= 0.6 is 0 Å². The Hall–Kier alpha value is -3.27. The van der Waals surface area contributed by atoms with Gasteiger partial charge in [-0.2, -0.15) is 18.4 Å². The largest absolute Gasteiger partial charge is 0.494 e. The van der Waals surface area contributed by atoms with E-state index in [4.69, 9.17) is 4.74 Å². The van der Waals surface area contributed by atoms with E-state index in [1.54, 1.807) is 6.07 Å². The number of alkyl halides is 3. The zero-order valence-corrected chi connectivity index (χ0v) is 19.3. The van der Waals surface area contributed by atoms with Gasteiger partial charge in [0.05, 0.1) is 12.1 Å². The van der Waals surface area contributed by atoms with Gasteiger partial charge in [0.2, 0.25) is 0 Å². The number of carbonyl (C=O) groups excluding carboxylic acids is 1. The highest BCUT2D eigenvalue weighted by Gasteiger charge is 2.45. The number of nitrogens with zero attached hydrogens (tertiary/aromatic N) is 1. The number of nitriles is 1. The van der Waals surface area contributed by atoms with Gasteiger partial charge >= 0.3 is 6.18 Å². The summed E-state index contributed by atoms with van der Waals surface area (Å²) in [5.74, 6) is 0.529. The maximum atomic E-state index is 13.0. The van der Waals surface area contributed by atoms with Gasteiger partial charge < -0.3 is 10.1 Å². The number of hydrogen-bond donors (Lipinski definition) is 1. The zero-order chi connectivity index (χ0) is 24.5. The number of rotatable bonds is 6. The van der Waals surface area contributed by atoms with Gasteiger partial charge in [0.1, 0.15) is 17.4 Å². The minimum atomic E-state index is -4.19. The lowest BCUT2D eigenvalue weighted by Gasteiger charge is -2.37. The Morgan fingerprint density at radius 2 is 1.91 bits per heavy atom. The fourth-order valence-corrected chi connectivity index (χ4v) is 4.88. The second-order valence-corrected chi connectivity index (χ2v) is 9.34. The predicted octanol–water partition coefficient (Wildman–Crippen LogP) is 6.17. The number of carbonyl (C=O) groups is 1. The number of benzene rings is 2. The zero-order valence-electron chi connectivity index (χ0n) is 19.3. The Kier molecular flexibility index (Phi) is 6.44. The van der Waals surface area contributed by atoms with E-state index < -0.39 is 18.1 Å². The van der Waals surface area contributed by atoms with Crippen molar-refractivity contribution in [2.45, 2.75) is 63.6 Å². The summed E-state index contributed by atoms with van der Waals surface area (Å²) in [4.78, 5) is 13.0. The standard InChI is InChI=1S/C27H27F3N2O2/c1-17(2)18-4-6-19(7-5-18)22-15-26(32-25(33)23(22)16-31)12-10-20-14-21(8-9-24(20)26)34-13-3-11-27(28,29)30/h4-9,14,17H,3,10-13,15H2,1-2H3,(H,32,33). The van der Waals surface area contributed by atoms with Gasteiger partial charge in [-0.25, -0.2) is 0 Å². The van der Waals surface area contributed by atoms with E-state index in [1.807, 2.05) is 36.4 Å². The Labute approximate surface area is 197 Å². The van der Waals surface area contributed by atoms with Gasteiger partial charge in [0, 0.05) is 12.8 Å². The molecule has 0 radical (unpaired) electrons. The molecule has 0 aromatic heterocycles. The molecular formula is C27H27F3N2O2. The van der Waals surface area contributed by atoms with Crippen LogP contribution in [0.2, 0.25) is 0 Å². The number of nitrogens with one attached hydrogen (secondary N) is 1. The van der Waals surface area contributed by atoms with Gasteiger partial charge in [-0.3, -0.25) is 4.79 Å². The Morgan fingerprint density at radius 1 is 1.18 bits per heavy atom. The third kappa shape index (κ3) is 4.82. The summed E-state index contributed by atoms with van der Waals surface area (Å²) >= 11 is 0. The van der Waals surface area contributed by atoms with Gasteiger partial charge in [-0.05, 0) is 65.1 Å². The van der Waals surface area contributed by atoms with Crippen LogP contribution in [0.4, 0.5) is 13.2 Å². The van der Waals surface area contributed by atoms with Gasteiger partial charge in [-0.15, -0.1) is 0 Å². The minimum absolute atomic E-state index is 0.00897. The van der Waals surface area contributed by atoms with Gasteiger partial charge in [0.15, 0.2) is 0 Å². The summed E-state index contributed by atoms with van der Waals surface area (Å²) in [6.07, 6.45) is -3.27. The quantitative estimate of drug-likeness (QED) is 0.516. The maximum Gasteiger partial charge on any atom is 0.389 e. The second-order valence-electron chi connectivity index (χ2n) is 9.34. The van der Waals surface area contributed by atoms with E-state index in [9.17, 15) is 23.2 Å². The number of aryl methyl sites for hydroxylation is 1. The van der Waals surface area contributed by atoms with Crippen LogP contribution in [0.25, 0.3) is 5.57 Å². The van der Waals surface area contributed by atoms with Crippen LogP contribution in [-0.4, -0.2) is 18.7 Å². The first-order valence-electron chi connectivity index (χ1n) is 11.5. The summed E-state index contributed by atoms with van der Waals surface area (Å²) in [6.45, 7) is 4.22. The lowest BCUT2D eigenvalue weighted by Crippen LogP contribution is -2.48. The van der Waals surface area contributed by atoms with E-state index in [-0.39, 0.29) is 24.5 Å². The normalized spacial score (nSPS) is 19.9. The molecule has 0 saturated heterocycles. The van der Waals surface area contributed by atoms with Crippen molar-refractivity contribution in [1.82, 2.24) is 5.32 Å². The van der Waals surface area contributed by atoms with Crippen molar-refractivity contribution in [2.24, 2.45) is 0 Å². The van der Waals surface area contributed by atoms with Crippen LogP contribution < -0.4 is 10.1 Å². The molecule has 1 heterocycles. The van der Waals surface area contributed by atoms with Crippen molar-refractivity contribution < 1.29 is 22.7 Å². The van der Waals surface area contributed by atoms with Gasteiger partial charge in [0.25, 0.3) is 5.91 Å². The Balaban J connectivity index is 1.57. The summed E-state index contributed by atoms with van der Waals surface area (Å²) in [7, 11) is 0. The molecule has 0 bridgehead atoms. The van der Waals surface area contributed by atoms with Crippen LogP contribution in [0.3, 0.4) is 0 Å². The molecule has 0 saturated carbocycles. The van der Waals surface area contributed by atoms with E-state index in [0.29, 0.717) is 30.9 Å². The third-order valence-corrected chi connectivity index (χ3v) is 6.68. The first-order chi connectivity index (χ1) is 16.1. The smallest absolute Gasteiger partial charge is 0.389 e. The molecule has 1 unspecified atom stereocenters. The van der Waals surface area contributed by atoms with Gasteiger partial charge in [-0.1, -0.05) is 44.2 Å². The van der Waals surface area contributed by atoms with Crippen LogP contribution in [0, 0.1) is 11.3 Å². The van der Waals surface area contributed by atoms with Crippen molar-refractivity contribution in [3.8, 4) is 11.8 Å². The summed E-state index contributed by atoms with van der Waals surface area (Å²) in [6, 6.07) is 15.6. The molecule has 34 heavy (non-hydrogen) atoms. The molecule has 1 aliphatic heterocycles. The molecule has 1 atom stereocenters. The van der Waals surface area contributed by atoms with Crippen molar-refractivity contribution in [2.75, 3.05) is 6.61 Å². The molecule has 4 nitrogen and oxygen atoms in total. The average Bonchev–Trinajstić information content (AvgIpc) is 3.12. The summed E-state index contributed by atoms with van der Waals surface area (Å²) in [5, 5.41) is 12.8. The van der Waals surface area contributed by atoms with E-state index >= 15 is 0 Å². The molecule has 2 aromatic rings. The average molecular weight is 469 g/mol. The highest BCUT2D eigenvalue weighted by atomic mass is 19.4. The van der Waals surface area contributed by atoms with Crippen molar-refractivity contribution in [3.05, 3.63) is 70.3 Å². The minimum Gasteiger partial charge on any atom is -0.494 e. The number of hydrogen-bond acceptors (Lipinski definition) is 3. The fourth-order valence-electron chi connectivity index (χ4n) is 4.88. The summed E-state index contributed by atoms with van der Waals surface area (Å²) in [5.41, 5.74) is 4.29. The van der Waals surface area contributed by atoms with E-state index in [0.717, 1.165) is 22.3 Å². The SMILES string of the molecule is CC(C)c1ccc(C2=C(C#N)C(=O)NC3(CCc4cc(OCCCC(F)(F)F)ccc43)C2)cc1. The molecule has 1 aliphatic carbocycles. The molecule has 4 rings (SSSR count). The molecular weight excluding hydrogens is 441 g/mol. The highest BCUT2D eigenvalue weighted by Crippen LogP contribution is 2.47. The molecule has 178 valence electrons. The van der Waals surface area contributed by atoms with Crippen molar-refractivity contribution >= 4 is 11.5 Å². The van der Waals surface area contributed by atoms with E-state index in [2.05, 4.69) is 25.2 Å². The summed E-state index contributed by atoms with van der Waals surface area (Å²) < 4.78 is 42.6. The van der Waals surface area contributed by atoms with Crippen LogP contribution in [0.15, 0.2) is 48.0 Å². The lowest BCUT2D eigenvalue weighted by atomic mass is 9.78. The number of amides is 1. The molecule has 1 N–H and O–H groups in total. The Morgan fingerprint density at radius 3 is 2.56 bits per heavy atom. The fraction of sp³-hybridized carbons (Fsp3) is 0.407. The first-order valence-corrected chi connectivity index (χ1v) is 11.5. The second kappa shape index (κ2) is 9.17. The lowest BCUT2D eigenvalue weighted by molar-refractivity contribution is -0.136. The monoisotopic (exact) mass is 468 g/mol. The first kappa shape index (κ1) is 23.9. The number of halogens is 3. The topological polar surface area (TPSA) is 62.1 Å². The molecule has 0 fully saturated rings. The van der Waals surface area contributed by atoms with E-state index in [1.165, 1.54) is 5.56 Å². The van der Waals surface area contributed by atoms with Crippen molar-refractivity contribution in [1.29, 1.82) is 5.26 Å². The van der Waals surface area contributed by atoms with Crippen LogP contribution in [-0.2, 0) is 16.8 Å². The van der Waals surface area contributed by atoms with Crippen LogP contribution in [0.5, 0.6) is 5.75 Å².